The van der Waals surface area contributed by atoms with Crippen molar-refractivity contribution < 1.29 is 4.39 Å². The summed E-state index contributed by atoms with van der Waals surface area (Å²) in [4.78, 5) is 4.22. The van der Waals surface area contributed by atoms with Crippen molar-refractivity contribution in [3.63, 3.8) is 0 Å². The van der Waals surface area contributed by atoms with Gasteiger partial charge in [0.25, 0.3) is 0 Å². The monoisotopic (exact) mass is 266 g/mol. The molecule has 1 aliphatic heterocycles. The summed E-state index contributed by atoms with van der Waals surface area (Å²) in [7, 11) is 0. The second-order valence-corrected chi connectivity index (χ2v) is 5.49. The summed E-state index contributed by atoms with van der Waals surface area (Å²) in [5, 5.41) is 3.57. The number of hydrogen-bond donors (Lipinski definition) is 1. The summed E-state index contributed by atoms with van der Waals surface area (Å²) in [6, 6.07) is 9.33. The van der Waals surface area contributed by atoms with E-state index in [-0.39, 0.29) is 11.9 Å². The summed E-state index contributed by atoms with van der Waals surface area (Å²) in [6.07, 6.45) is 9.16. The predicted octanol–water partition coefficient (Wildman–Crippen LogP) is 4.05. The number of benzene rings is 1. The molecule has 2 heterocycles. The smallest absolute Gasteiger partial charge is 0.123 e. The Bertz CT molecular complexity index is 666. The third-order valence-electron chi connectivity index (χ3n) is 4.37. The quantitative estimate of drug-likeness (QED) is 0.788. The third kappa shape index (κ3) is 1.73. The molecule has 0 unspecified atom stereocenters. The van der Waals surface area contributed by atoms with E-state index in [1.54, 1.807) is 12.3 Å². The molecule has 2 aliphatic rings. The van der Waals surface area contributed by atoms with Gasteiger partial charge in [-0.3, -0.25) is 4.98 Å². The molecule has 2 aromatic rings. The van der Waals surface area contributed by atoms with Crippen LogP contribution < -0.4 is 5.32 Å². The molecule has 3 heteroatoms. The summed E-state index contributed by atoms with van der Waals surface area (Å²) >= 11 is 0. The number of hydrogen-bond acceptors (Lipinski definition) is 2. The molecule has 20 heavy (non-hydrogen) atoms. The molecule has 1 aromatic heterocycles. The van der Waals surface area contributed by atoms with Crippen LogP contribution in [0.3, 0.4) is 0 Å². The second-order valence-electron chi connectivity index (χ2n) is 5.49. The van der Waals surface area contributed by atoms with E-state index in [0.29, 0.717) is 11.8 Å². The van der Waals surface area contributed by atoms with Crippen LogP contribution in [0.5, 0.6) is 0 Å². The zero-order valence-corrected chi connectivity index (χ0v) is 11.0. The molecule has 0 saturated carbocycles. The van der Waals surface area contributed by atoms with Crippen molar-refractivity contribution in [3.05, 3.63) is 71.8 Å². The first-order chi connectivity index (χ1) is 9.83. The number of pyridine rings is 1. The van der Waals surface area contributed by atoms with Gasteiger partial charge in [0.1, 0.15) is 5.82 Å². The minimum atomic E-state index is -0.163. The number of nitrogens with zero attached hydrogens (tertiary/aromatic N) is 1. The maximum absolute atomic E-state index is 13.5. The molecule has 0 bridgehead atoms. The van der Waals surface area contributed by atoms with Gasteiger partial charge in [0.2, 0.25) is 0 Å². The Morgan fingerprint density at radius 3 is 3.05 bits per heavy atom. The van der Waals surface area contributed by atoms with Gasteiger partial charge in [-0.2, -0.15) is 0 Å². The molecule has 1 aliphatic carbocycles. The fourth-order valence-electron chi connectivity index (χ4n) is 3.46. The molecule has 1 N–H and O–H groups in total. The van der Waals surface area contributed by atoms with Gasteiger partial charge in [0.15, 0.2) is 0 Å². The molecule has 0 spiro atoms. The van der Waals surface area contributed by atoms with Gasteiger partial charge in [-0.05, 0) is 47.7 Å². The Morgan fingerprint density at radius 2 is 2.20 bits per heavy atom. The molecule has 4 rings (SSSR count). The summed E-state index contributed by atoms with van der Waals surface area (Å²) in [5.74, 6) is 0.574. The van der Waals surface area contributed by atoms with Gasteiger partial charge in [-0.1, -0.05) is 18.2 Å². The lowest BCUT2D eigenvalue weighted by Gasteiger charge is -2.37. The van der Waals surface area contributed by atoms with E-state index in [0.717, 1.165) is 17.7 Å². The van der Waals surface area contributed by atoms with Crippen LogP contribution in [-0.2, 0) is 0 Å². The molecular formula is C17H15FN2. The highest BCUT2D eigenvalue weighted by Gasteiger charge is 2.37. The fourth-order valence-corrected chi connectivity index (χ4v) is 3.46. The Balaban J connectivity index is 1.80. The summed E-state index contributed by atoms with van der Waals surface area (Å²) in [6.45, 7) is 0. The molecule has 0 saturated heterocycles. The van der Waals surface area contributed by atoms with Crippen LogP contribution in [0.25, 0.3) is 0 Å². The van der Waals surface area contributed by atoms with E-state index in [9.17, 15) is 4.39 Å². The van der Waals surface area contributed by atoms with Crippen molar-refractivity contribution in [2.24, 2.45) is 5.92 Å². The van der Waals surface area contributed by atoms with E-state index >= 15 is 0 Å². The lowest BCUT2D eigenvalue weighted by atomic mass is 9.77. The number of nitrogens with one attached hydrogen (secondary N) is 1. The van der Waals surface area contributed by atoms with Gasteiger partial charge in [-0.15, -0.1) is 0 Å². The van der Waals surface area contributed by atoms with E-state index in [1.165, 1.54) is 11.6 Å². The molecule has 0 fully saturated rings. The predicted molar refractivity (Wildman–Crippen MR) is 77.0 cm³/mol. The van der Waals surface area contributed by atoms with Gasteiger partial charge in [0.05, 0.1) is 6.04 Å². The highest BCUT2D eigenvalue weighted by atomic mass is 19.1. The highest BCUT2D eigenvalue weighted by Crippen LogP contribution is 2.49. The normalized spacial score (nSPS) is 26.8. The number of anilines is 1. The fraction of sp³-hybridized carbons (Fsp3) is 0.235. The molecule has 100 valence electrons. The van der Waals surface area contributed by atoms with Crippen molar-refractivity contribution in [3.8, 4) is 0 Å². The molecule has 1 aromatic carbocycles. The van der Waals surface area contributed by atoms with E-state index in [1.807, 2.05) is 18.3 Å². The van der Waals surface area contributed by atoms with Gasteiger partial charge in [0, 0.05) is 24.0 Å². The van der Waals surface area contributed by atoms with Crippen molar-refractivity contribution >= 4 is 5.69 Å². The number of fused-ring (bicyclic) bond motifs is 3. The van der Waals surface area contributed by atoms with E-state index < -0.39 is 0 Å². The number of rotatable bonds is 1. The maximum atomic E-state index is 13.5. The first-order valence-electron chi connectivity index (χ1n) is 6.95. The van der Waals surface area contributed by atoms with Gasteiger partial charge >= 0.3 is 0 Å². The zero-order valence-electron chi connectivity index (χ0n) is 11.0. The van der Waals surface area contributed by atoms with Crippen LogP contribution in [0.2, 0.25) is 0 Å². The molecule has 3 atom stereocenters. The Morgan fingerprint density at radius 1 is 1.25 bits per heavy atom. The van der Waals surface area contributed by atoms with Crippen molar-refractivity contribution in [1.82, 2.24) is 4.98 Å². The average molecular weight is 266 g/mol. The van der Waals surface area contributed by atoms with Crippen molar-refractivity contribution in [2.75, 3.05) is 5.32 Å². The minimum absolute atomic E-state index is 0.163. The SMILES string of the molecule is Fc1ccc2c(c1)[C@H]1C=CC[C@H]1[C@H](c1cccnc1)N2. The molecule has 2 nitrogen and oxygen atoms in total. The first-order valence-corrected chi connectivity index (χ1v) is 6.95. The Hall–Kier alpha value is -2.16. The zero-order chi connectivity index (χ0) is 13.5. The van der Waals surface area contributed by atoms with Crippen molar-refractivity contribution in [2.45, 2.75) is 18.4 Å². The molecule has 0 radical (unpaired) electrons. The largest absolute Gasteiger partial charge is 0.378 e. The van der Waals surface area contributed by atoms with Gasteiger partial charge in [-0.25, -0.2) is 4.39 Å². The minimum Gasteiger partial charge on any atom is -0.378 e. The lowest BCUT2D eigenvalue weighted by molar-refractivity contribution is 0.423. The third-order valence-corrected chi connectivity index (χ3v) is 4.37. The van der Waals surface area contributed by atoms with Crippen LogP contribution >= 0.6 is 0 Å². The highest BCUT2D eigenvalue weighted by molar-refractivity contribution is 5.59. The Kier molecular flexibility index (Phi) is 2.59. The van der Waals surface area contributed by atoms with Crippen molar-refractivity contribution in [1.29, 1.82) is 0 Å². The number of aromatic nitrogens is 1. The van der Waals surface area contributed by atoms with Crippen LogP contribution in [0, 0.1) is 11.7 Å². The molecule has 0 amide bonds. The Labute approximate surface area is 117 Å². The van der Waals surface area contributed by atoms with Crippen LogP contribution in [0.15, 0.2) is 54.9 Å². The van der Waals surface area contributed by atoms with E-state index in [2.05, 4.69) is 28.5 Å². The summed E-state index contributed by atoms with van der Waals surface area (Å²) < 4.78 is 13.5. The standard InChI is InChI=1S/C17H15FN2/c18-12-6-7-16-15(9-12)13-4-1-5-14(13)17(20-16)11-3-2-8-19-10-11/h1-4,6-10,13-14,17,20H,5H2/t13-,14+,17-/m0/s1. The van der Waals surface area contributed by atoms with Crippen LogP contribution in [0.4, 0.5) is 10.1 Å². The molecular weight excluding hydrogens is 251 g/mol. The topological polar surface area (TPSA) is 24.9 Å². The second kappa shape index (κ2) is 4.44. The van der Waals surface area contributed by atoms with Crippen LogP contribution in [-0.4, -0.2) is 4.98 Å². The van der Waals surface area contributed by atoms with Gasteiger partial charge < -0.3 is 5.32 Å². The first kappa shape index (κ1) is 11.6. The number of allylic oxidation sites excluding steroid dienone is 2. The van der Waals surface area contributed by atoms with E-state index in [4.69, 9.17) is 0 Å². The van der Waals surface area contributed by atoms with Crippen LogP contribution in [0.1, 0.15) is 29.5 Å². The maximum Gasteiger partial charge on any atom is 0.123 e. The lowest BCUT2D eigenvalue weighted by Crippen LogP contribution is -2.29. The summed E-state index contributed by atoms with van der Waals surface area (Å²) in [5.41, 5.74) is 3.30. The number of halogens is 1. The average Bonchev–Trinajstić information content (AvgIpc) is 2.97.